The third-order valence-corrected chi connectivity index (χ3v) is 5.64. The van der Waals surface area contributed by atoms with Gasteiger partial charge >= 0.3 is 6.18 Å². The summed E-state index contributed by atoms with van der Waals surface area (Å²) in [5, 5.41) is 7.57. The highest BCUT2D eigenvalue weighted by Crippen LogP contribution is 2.32. The Balaban J connectivity index is 1.30. The Bertz CT molecular complexity index is 1000. The summed E-state index contributed by atoms with van der Waals surface area (Å²) in [4.78, 5) is 11.2. The van der Waals surface area contributed by atoms with Crippen LogP contribution in [0.5, 0.6) is 5.75 Å². The van der Waals surface area contributed by atoms with Crippen LogP contribution in [0, 0.1) is 0 Å². The fourth-order valence-electron chi connectivity index (χ4n) is 3.93. The largest absolute Gasteiger partial charge is 0.493 e. The number of hydrogen-bond donors (Lipinski definition) is 1. The topological polar surface area (TPSA) is 66.9 Å². The summed E-state index contributed by atoms with van der Waals surface area (Å²) in [6.07, 6.45) is 3.02. The van der Waals surface area contributed by atoms with Crippen LogP contribution in [0.25, 0.3) is 0 Å². The van der Waals surface area contributed by atoms with Gasteiger partial charge in [0.15, 0.2) is 0 Å². The Kier molecular flexibility index (Phi) is 6.74. The molecule has 0 aliphatic carbocycles. The van der Waals surface area contributed by atoms with Gasteiger partial charge in [-0.25, -0.2) is 9.97 Å². The number of hydrogen-bond acceptors (Lipinski definition) is 5. The second kappa shape index (κ2) is 9.68. The summed E-state index contributed by atoms with van der Waals surface area (Å²) in [5.74, 6) is 1.26. The zero-order valence-corrected chi connectivity index (χ0v) is 17.9. The van der Waals surface area contributed by atoms with Gasteiger partial charge in [-0.3, -0.25) is 10.00 Å². The Labute approximate surface area is 184 Å². The van der Waals surface area contributed by atoms with Crippen molar-refractivity contribution < 1.29 is 17.9 Å². The summed E-state index contributed by atoms with van der Waals surface area (Å²) < 4.78 is 43.5. The monoisotopic (exact) mass is 445 g/mol. The number of ether oxygens (including phenoxy) is 1. The summed E-state index contributed by atoms with van der Waals surface area (Å²) in [6, 6.07) is 7.03. The number of rotatable bonds is 8. The normalized spacial score (nSPS) is 17.1. The highest BCUT2D eigenvalue weighted by Gasteiger charge is 2.30. The minimum Gasteiger partial charge on any atom is -0.493 e. The van der Waals surface area contributed by atoms with Crippen molar-refractivity contribution in [3.63, 3.8) is 0 Å². The molecule has 0 amide bonds. The van der Waals surface area contributed by atoms with E-state index in [9.17, 15) is 13.2 Å². The molecular formula is C23H26F3N5O. The van der Waals surface area contributed by atoms with Gasteiger partial charge in [0, 0.05) is 43.0 Å². The predicted molar refractivity (Wildman–Crippen MR) is 113 cm³/mol. The Morgan fingerprint density at radius 1 is 1.16 bits per heavy atom. The highest BCUT2D eigenvalue weighted by molar-refractivity contribution is 5.29. The van der Waals surface area contributed by atoms with E-state index in [4.69, 9.17) is 4.74 Å². The molecule has 3 heterocycles. The van der Waals surface area contributed by atoms with Crippen LogP contribution in [-0.4, -0.2) is 38.2 Å². The molecule has 0 unspecified atom stereocenters. The van der Waals surface area contributed by atoms with Gasteiger partial charge in [0.25, 0.3) is 0 Å². The molecule has 2 aromatic heterocycles. The summed E-state index contributed by atoms with van der Waals surface area (Å²) in [5.41, 5.74) is 2.35. The van der Waals surface area contributed by atoms with Gasteiger partial charge in [-0.05, 0) is 49.7 Å². The lowest BCUT2D eigenvalue weighted by molar-refractivity contribution is -0.137. The lowest BCUT2D eigenvalue weighted by Crippen LogP contribution is -2.23. The van der Waals surface area contributed by atoms with Gasteiger partial charge in [0.1, 0.15) is 11.6 Å². The second-order valence-corrected chi connectivity index (χ2v) is 7.93. The van der Waals surface area contributed by atoms with Gasteiger partial charge < -0.3 is 4.74 Å². The first kappa shape index (κ1) is 22.3. The third kappa shape index (κ3) is 5.45. The molecular weight excluding hydrogens is 419 g/mol. The van der Waals surface area contributed by atoms with Crippen molar-refractivity contribution in [3.05, 3.63) is 71.1 Å². The molecule has 4 rings (SSSR count). The molecule has 32 heavy (non-hydrogen) atoms. The number of nitrogens with one attached hydrogen (secondary N) is 1. The first-order valence-electron chi connectivity index (χ1n) is 10.8. The molecule has 3 aromatic rings. The van der Waals surface area contributed by atoms with Crippen LogP contribution in [0.4, 0.5) is 13.2 Å². The summed E-state index contributed by atoms with van der Waals surface area (Å²) in [6.45, 7) is 4.17. The molecule has 9 heteroatoms. The standard InChI is InChI=1S/C23H26F3N5O/c1-2-22-27-13-16(14-28-22)15-31-10-3-4-21(31)20-12-18(29-30-20)9-11-32-19-7-5-17(6-8-19)23(24,25)26/h5-8,12-14,21H,2-4,9-11,15H2,1H3,(H,29,30)/t21-/m0/s1. The number of likely N-dealkylation sites (tertiary alicyclic amines) is 1. The van der Waals surface area contributed by atoms with E-state index in [1.54, 1.807) is 0 Å². The lowest BCUT2D eigenvalue weighted by Gasteiger charge is -2.22. The van der Waals surface area contributed by atoms with E-state index >= 15 is 0 Å². The van der Waals surface area contributed by atoms with Crippen molar-refractivity contribution in [1.29, 1.82) is 0 Å². The van der Waals surface area contributed by atoms with E-state index in [2.05, 4.69) is 31.1 Å². The van der Waals surface area contributed by atoms with Crippen molar-refractivity contribution in [1.82, 2.24) is 25.1 Å². The average Bonchev–Trinajstić information content (AvgIpc) is 3.43. The minimum atomic E-state index is -4.34. The van der Waals surface area contributed by atoms with Gasteiger partial charge in [0.2, 0.25) is 0 Å². The molecule has 0 radical (unpaired) electrons. The zero-order valence-electron chi connectivity index (χ0n) is 17.9. The Morgan fingerprint density at radius 2 is 1.91 bits per heavy atom. The number of alkyl halides is 3. The molecule has 0 bridgehead atoms. The number of H-pyrrole nitrogens is 1. The smallest absolute Gasteiger partial charge is 0.416 e. The average molecular weight is 445 g/mol. The van der Waals surface area contributed by atoms with Gasteiger partial charge in [-0.1, -0.05) is 6.92 Å². The van der Waals surface area contributed by atoms with E-state index in [-0.39, 0.29) is 6.04 Å². The molecule has 0 spiro atoms. The Morgan fingerprint density at radius 3 is 2.59 bits per heavy atom. The van der Waals surface area contributed by atoms with Crippen LogP contribution in [0.1, 0.15) is 54.1 Å². The quantitative estimate of drug-likeness (QED) is 0.543. The molecule has 1 N–H and O–H groups in total. The fraction of sp³-hybridized carbons (Fsp3) is 0.435. The van der Waals surface area contributed by atoms with Gasteiger partial charge in [0.05, 0.1) is 23.9 Å². The first-order valence-corrected chi connectivity index (χ1v) is 10.8. The van der Waals surface area contributed by atoms with Crippen LogP contribution < -0.4 is 4.74 Å². The number of aryl methyl sites for hydroxylation is 1. The van der Waals surface area contributed by atoms with E-state index in [1.165, 1.54) is 12.1 Å². The van der Waals surface area contributed by atoms with Crippen LogP contribution in [0.3, 0.4) is 0 Å². The van der Waals surface area contributed by atoms with Crippen molar-refractivity contribution >= 4 is 0 Å². The number of aromatic amines is 1. The second-order valence-electron chi connectivity index (χ2n) is 7.93. The van der Waals surface area contributed by atoms with Crippen molar-refractivity contribution in [3.8, 4) is 5.75 Å². The number of aromatic nitrogens is 4. The maximum Gasteiger partial charge on any atom is 0.416 e. The lowest BCUT2D eigenvalue weighted by atomic mass is 10.1. The molecule has 1 fully saturated rings. The molecule has 1 aliphatic rings. The summed E-state index contributed by atoms with van der Waals surface area (Å²) >= 11 is 0. The molecule has 1 atom stereocenters. The SMILES string of the molecule is CCc1ncc(CN2CCC[C@H]2c2cc(CCOc3ccc(C(F)(F)F)cc3)[nH]n2)cn1. The predicted octanol–water partition coefficient (Wildman–Crippen LogP) is 4.74. The number of nitrogens with zero attached hydrogens (tertiary/aromatic N) is 4. The first-order chi connectivity index (χ1) is 15.4. The molecule has 1 saturated heterocycles. The number of halogens is 3. The molecule has 0 saturated carbocycles. The maximum atomic E-state index is 12.6. The zero-order chi connectivity index (χ0) is 22.6. The highest BCUT2D eigenvalue weighted by atomic mass is 19.4. The molecule has 170 valence electrons. The number of benzene rings is 1. The fourth-order valence-corrected chi connectivity index (χ4v) is 3.93. The molecule has 6 nitrogen and oxygen atoms in total. The molecule has 1 aromatic carbocycles. The van der Waals surface area contributed by atoms with Crippen LogP contribution >= 0.6 is 0 Å². The van der Waals surface area contributed by atoms with Crippen molar-refractivity contribution in [2.75, 3.05) is 13.2 Å². The van der Waals surface area contributed by atoms with Crippen LogP contribution in [0.2, 0.25) is 0 Å². The van der Waals surface area contributed by atoms with Crippen molar-refractivity contribution in [2.24, 2.45) is 0 Å². The van der Waals surface area contributed by atoms with Gasteiger partial charge in [-0.15, -0.1) is 0 Å². The van der Waals surface area contributed by atoms with Crippen LogP contribution in [0.15, 0.2) is 42.7 Å². The molecule has 1 aliphatic heterocycles. The van der Waals surface area contributed by atoms with Crippen molar-refractivity contribution in [2.45, 2.75) is 51.4 Å². The van der Waals surface area contributed by atoms with Crippen LogP contribution in [-0.2, 0) is 25.6 Å². The third-order valence-electron chi connectivity index (χ3n) is 5.64. The van der Waals surface area contributed by atoms with Gasteiger partial charge in [-0.2, -0.15) is 18.3 Å². The minimum absolute atomic E-state index is 0.238. The van der Waals surface area contributed by atoms with E-state index in [0.29, 0.717) is 18.8 Å². The van der Waals surface area contributed by atoms with E-state index in [1.807, 2.05) is 19.3 Å². The van der Waals surface area contributed by atoms with E-state index in [0.717, 1.165) is 67.3 Å². The summed E-state index contributed by atoms with van der Waals surface area (Å²) in [7, 11) is 0. The van der Waals surface area contributed by atoms with E-state index < -0.39 is 11.7 Å². The maximum absolute atomic E-state index is 12.6. The Hall–Kier alpha value is -2.94.